The predicted molar refractivity (Wildman–Crippen MR) is 94.1 cm³/mol. The van der Waals surface area contributed by atoms with Crippen LogP contribution in [0.25, 0.3) is 10.9 Å². The first-order chi connectivity index (χ1) is 12.0. The number of carbonyl (C=O) groups excluding carboxylic acids is 1. The SMILES string of the molecule is Cc1cn(C)c([C@H]2CCCN(C(=O)c3cc4cc(F)ccc4[nH]3)C2)n1. The average Bonchev–Trinajstić information content (AvgIpc) is 3.16. The fraction of sp³-hybridized carbons (Fsp3) is 0.368. The van der Waals surface area contributed by atoms with Gasteiger partial charge >= 0.3 is 0 Å². The number of imidazole rings is 1. The number of halogens is 1. The summed E-state index contributed by atoms with van der Waals surface area (Å²) in [6, 6.07) is 6.23. The van der Waals surface area contributed by atoms with Crippen LogP contribution in [-0.4, -0.2) is 38.4 Å². The van der Waals surface area contributed by atoms with Crippen molar-refractivity contribution in [3.05, 3.63) is 53.5 Å². The van der Waals surface area contributed by atoms with Gasteiger partial charge in [0.15, 0.2) is 0 Å². The van der Waals surface area contributed by atoms with Gasteiger partial charge in [-0.15, -0.1) is 0 Å². The molecule has 1 N–H and O–H groups in total. The van der Waals surface area contributed by atoms with E-state index < -0.39 is 0 Å². The molecule has 1 saturated heterocycles. The van der Waals surface area contributed by atoms with Crippen molar-refractivity contribution in [3.63, 3.8) is 0 Å². The van der Waals surface area contributed by atoms with E-state index in [1.165, 1.54) is 12.1 Å². The van der Waals surface area contributed by atoms with Crippen LogP contribution in [0.3, 0.4) is 0 Å². The monoisotopic (exact) mass is 340 g/mol. The van der Waals surface area contributed by atoms with E-state index in [0.717, 1.165) is 41.8 Å². The Balaban J connectivity index is 1.57. The lowest BCUT2D eigenvalue weighted by Crippen LogP contribution is -2.39. The number of nitrogens with zero attached hydrogens (tertiary/aromatic N) is 3. The van der Waals surface area contributed by atoms with Crippen LogP contribution in [0, 0.1) is 12.7 Å². The van der Waals surface area contributed by atoms with Crippen molar-refractivity contribution < 1.29 is 9.18 Å². The first-order valence-electron chi connectivity index (χ1n) is 8.58. The third-order valence-corrected chi connectivity index (χ3v) is 4.92. The molecular formula is C19H21FN4O. The quantitative estimate of drug-likeness (QED) is 0.778. The number of amides is 1. The van der Waals surface area contributed by atoms with Gasteiger partial charge in [-0.05, 0) is 44.0 Å². The molecule has 0 saturated carbocycles. The Morgan fingerprint density at radius 2 is 2.20 bits per heavy atom. The van der Waals surface area contributed by atoms with E-state index in [4.69, 9.17) is 0 Å². The molecule has 0 aliphatic carbocycles. The summed E-state index contributed by atoms with van der Waals surface area (Å²) in [6.07, 6.45) is 4.01. The van der Waals surface area contributed by atoms with E-state index in [9.17, 15) is 9.18 Å². The molecule has 1 aliphatic rings. The summed E-state index contributed by atoms with van der Waals surface area (Å²) in [4.78, 5) is 22.5. The number of aromatic nitrogens is 3. The maximum absolute atomic E-state index is 13.4. The van der Waals surface area contributed by atoms with Gasteiger partial charge in [-0.25, -0.2) is 9.37 Å². The van der Waals surface area contributed by atoms with E-state index in [-0.39, 0.29) is 17.6 Å². The van der Waals surface area contributed by atoms with Gasteiger partial charge in [-0.3, -0.25) is 4.79 Å². The van der Waals surface area contributed by atoms with Gasteiger partial charge in [-0.1, -0.05) is 0 Å². The predicted octanol–water partition coefficient (Wildman–Crippen LogP) is 3.37. The maximum atomic E-state index is 13.4. The Morgan fingerprint density at radius 1 is 1.36 bits per heavy atom. The maximum Gasteiger partial charge on any atom is 0.270 e. The third kappa shape index (κ3) is 2.92. The number of likely N-dealkylation sites (tertiary alicyclic amines) is 1. The van der Waals surface area contributed by atoms with Gasteiger partial charge in [0.2, 0.25) is 0 Å². The molecule has 1 aliphatic heterocycles. The summed E-state index contributed by atoms with van der Waals surface area (Å²) in [6.45, 7) is 3.38. The molecule has 1 atom stereocenters. The number of rotatable bonds is 2. The summed E-state index contributed by atoms with van der Waals surface area (Å²) < 4.78 is 15.4. The lowest BCUT2D eigenvalue weighted by molar-refractivity contribution is 0.0698. The molecule has 0 unspecified atom stereocenters. The molecular weight excluding hydrogens is 319 g/mol. The van der Waals surface area contributed by atoms with Gasteiger partial charge in [0.25, 0.3) is 5.91 Å². The molecule has 1 amide bonds. The Morgan fingerprint density at radius 3 is 2.96 bits per heavy atom. The Labute approximate surface area is 145 Å². The van der Waals surface area contributed by atoms with E-state index in [1.54, 1.807) is 12.1 Å². The number of hydrogen-bond donors (Lipinski definition) is 1. The first kappa shape index (κ1) is 15.9. The Hall–Kier alpha value is -2.63. The molecule has 5 nitrogen and oxygen atoms in total. The summed E-state index contributed by atoms with van der Waals surface area (Å²) in [5.41, 5.74) is 2.29. The molecule has 130 valence electrons. The lowest BCUT2D eigenvalue weighted by Gasteiger charge is -2.32. The van der Waals surface area contributed by atoms with Crippen molar-refractivity contribution in [1.82, 2.24) is 19.4 Å². The number of nitrogens with one attached hydrogen (secondary N) is 1. The van der Waals surface area contributed by atoms with Crippen LogP contribution in [0.4, 0.5) is 4.39 Å². The topological polar surface area (TPSA) is 53.9 Å². The van der Waals surface area contributed by atoms with Crippen molar-refractivity contribution >= 4 is 16.8 Å². The molecule has 6 heteroatoms. The Kier molecular flexibility index (Phi) is 3.82. The standard InChI is InChI=1S/C19H21FN4O/c1-12-10-23(2)18(21-12)13-4-3-7-24(11-13)19(25)17-9-14-8-15(20)5-6-16(14)22-17/h5-6,8-10,13,22H,3-4,7,11H2,1-2H3/t13-/m0/s1. The van der Waals surface area contributed by atoms with Crippen LogP contribution in [-0.2, 0) is 7.05 Å². The van der Waals surface area contributed by atoms with Crippen LogP contribution < -0.4 is 0 Å². The zero-order chi connectivity index (χ0) is 17.6. The van der Waals surface area contributed by atoms with E-state index in [2.05, 4.69) is 14.5 Å². The Bertz CT molecular complexity index is 942. The molecule has 3 aromatic rings. The van der Waals surface area contributed by atoms with Gasteiger partial charge in [0, 0.05) is 43.2 Å². The number of aryl methyl sites for hydroxylation is 2. The zero-order valence-electron chi connectivity index (χ0n) is 14.4. The highest BCUT2D eigenvalue weighted by Crippen LogP contribution is 2.27. The van der Waals surface area contributed by atoms with Crippen LogP contribution in [0.15, 0.2) is 30.5 Å². The van der Waals surface area contributed by atoms with Crippen molar-refractivity contribution in [1.29, 1.82) is 0 Å². The number of hydrogen-bond acceptors (Lipinski definition) is 2. The second-order valence-electron chi connectivity index (χ2n) is 6.86. The summed E-state index contributed by atoms with van der Waals surface area (Å²) in [5.74, 6) is 0.952. The highest BCUT2D eigenvalue weighted by molar-refractivity contribution is 5.98. The molecule has 0 radical (unpaired) electrons. The van der Waals surface area contributed by atoms with Crippen molar-refractivity contribution in [2.75, 3.05) is 13.1 Å². The second kappa shape index (κ2) is 6.02. The van der Waals surface area contributed by atoms with Crippen LogP contribution in [0.2, 0.25) is 0 Å². The highest BCUT2D eigenvalue weighted by Gasteiger charge is 2.28. The smallest absolute Gasteiger partial charge is 0.270 e. The van der Waals surface area contributed by atoms with E-state index in [0.29, 0.717) is 12.2 Å². The highest BCUT2D eigenvalue weighted by atomic mass is 19.1. The van der Waals surface area contributed by atoms with Crippen LogP contribution in [0.5, 0.6) is 0 Å². The van der Waals surface area contributed by atoms with Gasteiger partial charge in [0.1, 0.15) is 17.3 Å². The molecule has 0 spiro atoms. The number of H-pyrrole nitrogens is 1. The number of fused-ring (bicyclic) bond motifs is 1. The lowest BCUT2D eigenvalue weighted by atomic mass is 9.97. The molecule has 3 heterocycles. The third-order valence-electron chi connectivity index (χ3n) is 4.92. The molecule has 0 bridgehead atoms. The average molecular weight is 340 g/mol. The second-order valence-corrected chi connectivity index (χ2v) is 6.86. The van der Waals surface area contributed by atoms with Crippen molar-refractivity contribution in [2.45, 2.75) is 25.7 Å². The molecule has 2 aromatic heterocycles. The fourth-order valence-electron chi connectivity index (χ4n) is 3.78. The molecule has 25 heavy (non-hydrogen) atoms. The first-order valence-corrected chi connectivity index (χ1v) is 8.58. The minimum Gasteiger partial charge on any atom is -0.351 e. The van der Waals surface area contributed by atoms with E-state index in [1.807, 2.05) is 25.1 Å². The number of carbonyl (C=O) groups is 1. The van der Waals surface area contributed by atoms with Crippen LogP contribution >= 0.6 is 0 Å². The van der Waals surface area contributed by atoms with Gasteiger partial charge in [-0.2, -0.15) is 0 Å². The van der Waals surface area contributed by atoms with Crippen molar-refractivity contribution in [2.24, 2.45) is 7.05 Å². The largest absolute Gasteiger partial charge is 0.351 e. The van der Waals surface area contributed by atoms with Crippen LogP contribution in [0.1, 0.15) is 40.8 Å². The van der Waals surface area contributed by atoms with E-state index >= 15 is 0 Å². The molecule has 1 aromatic carbocycles. The van der Waals surface area contributed by atoms with Crippen molar-refractivity contribution in [3.8, 4) is 0 Å². The number of benzene rings is 1. The summed E-state index contributed by atoms with van der Waals surface area (Å²) in [5, 5.41) is 0.719. The number of aromatic amines is 1. The summed E-state index contributed by atoms with van der Waals surface area (Å²) >= 11 is 0. The van der Waals surface area contributed by atoms with Gasteiger partial charge in [0.05, 0.1) is 5.69 Å². The minimum atomic E-state index is -0.298. The zero-order valence-corrected chi connectivity index (χ0v) is 14.4. The minimum absolute atomic E-state index is 0.0350. The normalized spacial score (nSPS) is 18.0. The number of piperidine rings is 1. The summed E-state index contributed by atoms with van der Waals surface area (Å²) in [7, 11) is 2.00. The van der Waals surface area contributed by atoms with Gasteiger partial charge < -0.3 is 14.5 Å². The molecule has 1 fully saturated rings. The molecule has 4 rings (SSSR count). The fourth-order valence-corrected chi connectivity index (χ4v) is 3.78.